The van der Waals surface area contributed by atoms with Gasteiger partial charge in [-0.1, -0.05) is 0 Å². The van der Waals surface area contributed by atoms with Crippen molar-refractivity contribution in [3.05, 3.63) is 0 Å². The van der Waals surface area contributed by atoms with Crippen molar-refractivity contribution in [3.8, 4) is 9.85 Å². The molecule has 0 radical (unpaired) electrons. The second kappa shape index (κ2) is 4.32. The zero-order chi connectivity index (χ0) is 8.16. The molecule has 0 aromatic heterocycles. The standard InChI is InChI=1S/C9H15IN/c1-11(9-5-6-10)7-3-2-4-8-11/h2-4,7-9H2,1H3/q+1. The number of rotatable bonds is 1. The van der Waals surface area contributed by atoms with Gasteiger partial charge in [-0.2, -0.15) is 0 Å². The zero-order valence-electron chi connectivity index (χ0n) is 7.07. The van der Waals surface area contributed by atoms with E-state index in [9.17, 15) is 0 Å². The summed E-state index contributed by atoms with van der Waals surface area (Å²) >= 11 is 2.12. The van der Waals surface area contributed by atoms with Crippen molar-refractivity contribution in [2.75, 3.05) is 26.7 Å². The lowest BCUT2D eigenvalue weighted by Gasteiger charge is -2.35. The molecule has 0 aliphatic carbocycles. The Morgan fingerprint density at radius 1 is 1.27 bits per heavy atom. The summed E-state index contributed by atoms with van der Waals surface area (Å²) in [7, 11) is 2.32. The quantitative estimate of drug-likeness (QED) is 0.386. The SMILES string of the molecule is C[N+]1(CC#CI)CCCCC1. The minimum atomic E-state index is 1.04. The van der Waals surface area contributed by atoms with Crippen molar-refractivity contribution in [2.45, 2.75) is 19.3 Å². The third-order valence-corrected chi connectivity index (χ3v) is 2.80. The molecule has 1 aliphatic heterocycles. The first-order valence-electron chi connectivity index (χ1n) is 4.19. The number of quaternary nitrogens is 1. The van der Waals surface area contributed by atoms with Crippen LogP contribution in [0.2, 0.25) is 0 Å². The van der Waals surface area contributed by atoms with Crippen LogP contribution in [0.4, 0.5) is 0 Å². The van der Waals surface area contributed by atoms with Crippen molar-refractivity contribution in [1.29, 1.82) is 0 Å². The van der Waals surface area contributed by atoms with E-state index in [2.05, 4.69) is 39.5 Å². The number of halogens is 1. The van der Waals surface area contributed by atoms with E-state index in [0.717, 1.165) is 6.54 Å². The second-order valence-electron chi connectivity index (χ2n) is 3.56. The lowest BCUT2D eigenvalue weighted by Crippen LogP contribution is -2.47. The van der Waals surface area contributed by atoms with E-state index in [-0.39, 0.29) is 0 Å². The van der Waals surface area contributed by atoms with Gasteiger partial charge in [0.15, 0.2) is 0 Å². The number of hydrogen-bond acceptors (Lipinski definition) is 0. The number of nitrogens with zero attached hydrogens (tertiary/aromatic N) is 1. The van der Waals surface area contributed by atoms with Crippen LogP contribution >= 0.6 is 22.6 Å². The highest BCUT2D eigenvalue weighted by Gasteiger charge is 2.22. The van der Waals surface area contributed by atoms with E-state index in [0.29, 0.717) is 0 Å². The van der Waals surface area contributed by atoms with Crippen LogP contribution in [0.5, 0.6) is 0 Å². The third kappa shape index (κ3) is 3.00. The minimum Gasteiger partial charge on any atom is -0.316 e. The molecule has 0 aromatic carbocycles. The van der Waals surface area contributed by atoms with Crippen LogP contribution < -0.4 is 0 Å². The maximum atomic E-state index is 3.17. The summed E-state index contributed by atoms with van der Waals surface area (Å²) < 4.78 is 4.12. The predicted octanol–water partition coefficient (Wildman–Crippen LogP) is 2.01. The Balaban J connectivity index is 2.41. The van der Waals surface area contributed by atoms with E-state index >= 15 is 0 Å². The molecule has 11 heavy (non-hydrogen) atoms. The molecule has 0 atom stereocenters. The van der Waals surface area contributed by atoms with Gasteiger partial charge in [-0.3, -0.25) is 0 Å². The molecule has 1 fully saturated rings. The molecule has 0 amide bonds. The van der Waals surface area contributed by atoms with Crippen LogP contribution in [-0.4, -0.2) is 31.2 Å². The fraction of sp³-hybridized carbons (Fsp3) is 0.778. The van der Waals surface area contributed by atoms with Gasteiger partial charge in [0.25, 0.3) is 0 Å². The summed E-state index contributed by atoms with van der Waals surface area (Å²) in [5.74, 6) is 3.17. The van der Waals surface area contributed by atoms with Gasteiger partial charge in [0.2, 0.25) is 0 Å². The highest BCUT2D eigenvalue weighted by atomic mass is 127. The average Bonchev–Trinajstić information content (AvgIpc) is 2.03. The van der Waals surface area contributed by atoms with E-state index in [1.807, 2.05) is 0 Å². The fourth-order valence-electron chi connectivity index (χ4n) is 1.65. The molecule has 0 spiro atoms. The average molecular weight is 264 g/mol. The van der Waals surface area contributed by atoms with Crippen LogP contribution in [0.25, 0.3) is 0 Å². The molecular weight excluding hydrogens is 249 g/mol. The summed E-state index contributed by atoms with van der Waals surface area (Å²) in [6.45, 7) is 3.69. The van der Waals surface area contributed by atoms with Crippen LogP contribution in [0.1, 0.15) is 19.3 Å². The van der Waals surface area contributed by atoms with Gasteiger partial charge in [-0.05, 0) is 29.1 Å². The van der Waals surface area contributed by atoms with Gasteiger partial charge in [0.1, 0.15) is 6.54 Å². The van der Waals surface area contributed by atoms with E-state index < -0.39 is 0 Å². The molecule has 0 bridgehead atoms. The zero-order valence-corrected chi connectivity index (χ0v) is 9.23. The van der Waals surface area contributed by atoms with Crippen molar-refractivity contribution < 1.29 is 4.48 Å². The Hall–Kier alpha value is 0.250. The summed E-state index contributed by atoms with van der Waals surface area (Å²) in [6, 6.07) is 0. The number of likely N-dealkylation sites (tertiary alicyclic amines) is 1. The van der Waals surface area contributed by atoms with Crippen molar-refractivity contribution >= 4 is 22.6 Å². The van der Waals surface area contributed by atoms with Gasteiger partial charge in [0, 0.05) is 22.6 Å². The Morgan fingerprint density at radius 3 is 2.45 bits per heavy atom. The van der Waals surface area contributed by atoms with Crippen LogP contribution in [-0.2, 0) is 0 Å². The monoisotopic (exact) mass is 264 g/mol. The van der Waals surface area contributed by atoms with E-state index in [4.69, 9.17) is 0 Å². The molecule has 0 unspecified atom stereocenters. The maximum absolute atomic E-state index is 3.17. The van der Waals surface area contributed by atoms with E-state index in [1.165, 1.54) is 36.8 Å². The molecule has 1 aliphatic rings. The predicted molar refractivity (Wildman–Crippen MR) is 56.4 cm³/mol. The lowest BCUT2D eigenvalue weighted by atomic mass is 10.1. The largest absolute Gasteiger partial charge is 0.316 e. The van der Waals surface area contributed by atoms with Crippen LogP contribution in [0.15, 0.2) is 0 Å². The smallest absolute Gasteiger partial charge is 0.141 e. The molecule has 0 saturated carbocycles. The summed E-state index contributed by atoms with van der Waals surface area (Å²) in [4.78, 5) is 0. The van der Waals surface area contributed by atoms with Gasteiger partial charge < -0.3 is 4.48 Å². The molecule has 1 saturated heterocycles. The second-order valence-corrected chi connectivity index (χ2v) is 4.10. The maximum Gasteiger partial charge on any atom is 0.141 e. The van der Waals surface area contributed by atoms with Crippen LogP contribution in [0.3, 0.4) is 0 Å². The molecule has 0 N–H and O–H groups in total. The van der Waals surface area contributed by atoms with Crippen molar-refractivity contribution in [3.63, 3.8) is 0 Å². The number of hydrogen-bond donors (Lipinski definition) is 0. The van der Waals surface area contributed by atoms with Gasteiger partial charge in [-0.25, -0.2) is 0 Å². The summed E-state index contributed by atoms with van der Waals surface area (Å²) in [5.41, 5.74) is 0. The summed E-state index contributed by atoms with van der Waals surface area (Å²) in [5, 5.41) is 0. The first-order valence-corrected chi connectivity index (χ1v) is 5.27. The molecule has 1 rings (SSSR count). The summed E-state index contributed by atoms with van der Waals surface area (Å²) in [6.07, 6.45) is 4.20. The Labute approximate surface area is 82.9 Å². The fourth-order valence-corrected chi connectivity index (χ4v) is 1.83. The molecule has 1 heterocycles. The topological polar surface area (TPSA) is 0 Å². The van der Waals surface area contributed by atoms with Gasteiger partial charge >= 0.3 is 0 Å². The van der Waals surface area contributed by atoms with Gasteiger partial charge in [0.05, 0.1) is 20.1 Å². The normalized spacial score (nSPS) is 22.0. The van der Waals surface area contributed by atoms with Crippen molar-refractivity contribution in [1.82, 2.24) is 0 Å². The molecule has 0 aromatic rings. The Bertz CT molecular complexity index is 172. The Kier molecular flexibility index (Phi) is 3.67. The highest BCUT2D eigenvalue weighted by Crippen LogP contribution is 2.14. The molecule has 62 valence electrons. The lowest BCUT2D eigenvalue weighted by molar-refractivity contribution is -0.907. The number of piperidine rings is 1. The highest BCUT2D eigenvalue weighted by molar-refractivity contribution is 14.1. The third-order valence-electron chi connectivity index (χ3n) is 2.42. The Morgan fingerprint density at radius 2 is 1.91 bits per heavy atom. The first-order chi connectivity index (χ1) is 5.27. The molecule has 2 heteroatoms. The molecule has 1 nitrogen and oxygen atoms in total. The van der Waals surface area contributed by atoms with Crippen molar-refractivity contribution in [2.24, 2.45) is 0 Å². The minimum absolute atomic E-state index is 1.04. The first kappa shape index (κ1) is 9.34. The van der Waals surface area contributed by atoms with E-state index in [1.54, 1.807) is 0 Å². The van der Waals surface area contributed by atoms with Gasteiger partial charge in [-0.15, -0.1) is 0 Å². The van der Waals surface area contributed by atoms with Crippen LogP contribution in [0, 0.1) is 9.85 Å². The molecular formula is C9H15IN+.